The molecule has 0 saturated carbocycles. The summed E-state index contributed by atoms with van der Waals surface area (Å²) in [5.74, 6) is 0. The number of aryl methyl sites for hydroxylation is 1. The van der Waals surface area contributed by atoms with Gasteiger partial charge in [0.25, 0.3) is 0 Å². The van der Waals surface area contributed by atoms with Gasteiger partial charge in [-0.15, -0.1) is 0 Å². The Kier molecular flexibility index (Phi) is 4.19. The minimum absolute atomic E-state index is 0.430. The van der Waals surface area contributed by atoms with Gasteiger partial charge in [-0.25, -0.2) is 0 Å². The first-order valence-electron chi connectivity index (χ1n) is 5.50. The van der Waals surface area contributed by atoms with Crippen molar-refractivity contribution < 1.29 is 0 Å². The van der Waals surface area contributed by atoms with Gasteiger partial charge in [0.1, 0.15) is 4.99 Å². The van der Waals surface area contributed by atoms with Gasteiger partial charge in [0.2, 0.25) is 0 Å². The van der Waals surface area contributed by atoms with Crippen molar-refractivity contribution in [3.63, 3.8) is 0 Å². The summed E-state index contributed by atoms with van der Waals surface area (Å²) in [6.45, 7) is 2.04. The van der Waals surface area contributed by atoms with Crippen LogP contribution in [0.25, 0.3) is 0 Å². The van der Waals surface area contributed by atoms with Gasteiger partial charge in [0, 0.05) is 14.8 Å². The van der Waals surface area contributed by atoms with Crippen molar-refractivity contribution in [2.75, 3.05) is 5.32 Å². The molecule has 0 aliphatic rings. The summed E-state index contributed by atoms with van der Waals surface area (Å²) in [5.41, 5.74) is 9.81. The third kappa shape index (κ3) is 3.00. The Bertz CT molecular complexity index is 596. The molecule has 0 spiro atoms. The third-order valence-corrected chi connectivity index (χ3v) is 3.83. The highest BCUT2D eigenvalue weighted by atomic mass is 127. The summed E-state index contributed by atoms with van der Waals surface area (Å²) in [5, 5.41) is 3.42. The van der Waals surface area contributed by atoms with Crippen LogP contribution in [0.4, 0.5) is 11.4 Å². The van der Waals surface area contributed by atoms with Crippen LogP contribution in [0.1, 0.15) is 11.1 Å². The van der Waals surface area contributed by atoms with Gasteiger partial charge >= 0.3 is 0 Å². The number of hydrogen-bond acceptors (Lipinski definition) is 2. The smallest absolute Gasteiger partial charge is 0.103 e. The highest BCUT2D eigenvalue weighted by molar-refractivity contribution is 14.1. The van der Waals surface area contributed by atoms with Crippen molar-refractivity contribution in [1.29, 1.82) is 0 Å². The second-order valence-electron chi connectivity index (χ2n) is 4.00. The van der Waals surface area contributed by atoms with E-state index >= 15 is 0 Å². The molecule has 18 heavy (non-hydrogen) atoms. The zero-order valence-electron chi connectivity index (χ0n) is 9.91. The maximum Gasteiger partial charge on any atom is 0.103 e. The Morgan fingerprint density at radius 3 is 2.50 bits per heavy atom. The fourth-order valence-electron chi connectivity index (χ4n) is 1.66. The molecule has 0 saturated heterocycles. The fraction of sp³-hybridized carbons (Fsp3) is 0.0714. The van der Waals surface area contributed by atoms with Crippen molar-refractivity contribution in [2.24, 2.45) is 5.73 Å². The largest absolute Gasteiger partial charge is 0.389 e. The summed E-state index contributed by atoms with van der Waals surface area (Å²) in [6, 6.07) is 14.1. The third-order valence-electron chi connectivity index (χ3n) is 2.65. The van der Waals surface area contributed by atoms with E-state index in [1.165, 1.54) is 3.57 Å². The minimum atomic E-state index is 0.430. The predicted octanol–water partition coefficient (Wildman–Crippen LogP) is 3.98. The molecule has 2 rings (SSSR count). The molecule has 0 fully saturated rings. The summed E-state index contributed by atoms with van der Waals surface area (Å²) >= 11 is 7.28. The average Bonchev–Trinajstić information content (AvgIpc) is 2.34. The molecule has 0 aromatic heterocycles. The number of benzene rings is 2. The highest BCUT2D eigenvalue weighted by Crippen LogP contribution is 2.25. The molecule has 0 unspecified atom stereocenters. The van der Waals surface area contributed by atoms with Crippen LogP contribution in [0.5, 0.6) is 0 Å². The van der Waals surface area contributed by atoms with Gasteiger partial charge in [-0.1, -0.05) is 24.4 Å². The van der Waals surface area contributed by atoms with E-state index in [0.717, 1.165) is 22.5 Å². The summed E-state index contributed by atoms with van der Waals surface area (Å²) in [6.07, 6.45) is 0. The van der Waals surface area contributed by atoms with Crippen molar-refractivity contribution in [3.05, 3.63) is 57.2 Å². The van der Waals surface area contributed by atoms with E-state index in [1.54, 1.807) is 0 Å². The average molecular weight is 368 g/mol. The summed E-state index contributed by atoms with van der Waals surface area (Å²) in [7, 11) is 0. The lowest BCUT2D eigenvalue weighted by atomic mass is 10.1. The second kappa shape index (κ2) is 5.67. The number of para-hydroxylation sites is 1. The number of rotatable bonds is 3. The van der Waals surface area contributed by atoms with Crippen molar-refractivity contribution >= 4 is 51.2 Å². The monoisotopic (exact) mass is 368 g/mol. The van der Waals surface area contributed by atoms with E-state index in [4.69, 9.17) is 18.0 Å². The Hall–Kier alpha value is -1.14. The molecule has 3 N–H and O–H groups in total. The molecular formula is C14H13IN2S. The van der Waals surface area contributed by atoms with E-state index in [9.17, 15) is 0 Å². The molecule has 2 aromatic rings. The zero-order valence-corrected chi connectivity index (χ0v) is 12.9. The predicted molar refractivity (Wildman–Crippen MR) is 89.5 cm³/mol. The molecular weight excluding hydrogens is 355 g/mol. The van der Waals surface area contributed by atoms with Gasteiger partial charge in [-0.2, -0.15) is 0 Å². The normalized spacial score (nSPS) is 10.1. The number of hydrogen-bond donors (Lipinski definition) is 2. The van der Waals surface area contributed by atoms with E-state index < -0.39 is 0 Å². The van der Waals surface area contributed by atoms with Crippen LogP contribution in [-0.2, 0) is 0 Å². The summed E-state index contributed by atoms with van der Waals surface area (Å²) < 4.78 is 1.19. The van der Waals surface area contributed by atoms with Crippen LogP contribution < -0.4 is 11.1 Å². The van der Waals surface area contributed by atoms with E-state index in [-0.39, 0.29) is 0 Å². The molecule has 0 aliphatic carbocycles. The van der Waals surface area contributed by atoms with Crippen molar-refractivity contribution in [2.45, 2.75) is 6.92 Å². The van der Waals surface area contributed by atoms with Crippen LogP contribution >= 0.6 is 34.8 Å². The van der Waals surface area contributed by atoms with Gasteiger partial charge in [0.05, 0.1) is 5.69 Å². The van der Waals surface area contributed by atoms with Crippen LogP contribution in [-0.4, -0.2) is 4.99 Å². The second-order valence-corrected chi connectivity index (χ2v) is 5.60. The first kappa shape index (κ1) is 13.3. The maximum atomic E-state index is 5.62. The molecule has 92 valence electrons. The molecule has 2 nitrogen and oxygen atoms in total. The molecule has 2 aromatic carbocycles. The van der Waals surface area contributed by atoms with Crippen molar-refractivity contribution in [3.8, 4) is 0 Å². The van der Waals surface area contributed by atoms with Gasteiger partial charge < -0.3 is 11.1 Å². The van der Waals surface area contributed by atoms with Crippen molar-refractivity contribution in [1.82, 2.24) is 0 Å². The first-order chi connectivity index (χ1) is 8.58. The van der Waals surface area contributed by atoms with Crippen LogP contribution in [0.2, 0.25) is 0 Å². The lowest BCUT2D eigenvalue weighted by Gasteiger charge is -2.12. The Morgan fingerprint density at radius 2 is 1.89 bits per heavy atom. The lowest BCUT2D eigenvalue weighted by molar-refractivity contribution is 1.41. The molecule has 0 radical (unpaired) electrons. The highest BCUT2D eigenvalue weighted by Gasteiger charge is 2.04. The molecule has 0 atom stereocenters. The maximum absolute atomic E-state index is 5.62. The molecule has 0 bridgehead atoms. The Balaban J connectivity index is 2.30. The standard InChI is InChI=1S/C14H13IN2S/c1-9-8-10(14(16)18)6-7-12(9)17-13-5-3-2-4-11(13)15/h2-8,17H,1H3,(H2,16,18). The number of anilines is 2. The summed E-state index contributed by atoms with van der Waals surface area (Å²) in [4.78, 5) is 0.430. The van der Waals surface area contributed by atoms with Gasteiger partial charge in [-0.3, -0.25) is 0 Å². The van der Waals surface area contributed by atoms with E-state index in [2.05, 4.69) is 40.0 Å². The number of halogens is 1. The van der Waals surface area contributed by atoms with Gasteiger partial charge in [0.15, 0.2) is 0 Å². The minimum Gasteiger partial charge on any atom is -0.389 e. The topological polar surface area (TPSA) is 38.0 Å². The lowest BCUT2D eigenvalue weighted by Crippen LogP contribution is -2.09. The quantitative estimate of drug-likeness (QED) is 0.636. The van der Waals surface area contributed by atoms with Gasteiger partial charge in [-0.05, 0) is 65.4 Å². The molecule has 4 heteroatoms. The molecule has 0 aliphatic heterocycles. The van der Waals surface area contributed by atoms with Crippen LogP contribution in [0.15, 0.2) is 42.5 Å². The van der Waals surface area contributed by atoms with E-state index in [1.807, 2.05) is 37.3 Å². The van der Waals surface area contributed by atoms with Crippen LogP contribution in [0.3, 0.4) is 0 Å². The fourth-order valence-corrected chi connectivity index (χ4v) is 2.31. The molecule has 0 heterocycles. The first-order valence-corrected chi connectivity index (χ1v) is 6.98. The number of nitrogens with one attached hydrogen (secondary N) is 1. The number of thiocarbonyl (C=S) groups is 1. The SMILES string of the molecule is Cc1cc(C(N)=S)ccc1Nc1ccccc1I. The Morgan fingerprint density at radius 1 is 1.17 bits per heavy atom. The zero-order chi connectivity index (χ0) is 13.1. The Labute approximate surface area is 126 Å². The van der Waals surface area contributed by atoms with Crippen LogP contribution in [0, 0.1) is 10.5 Å². The molecule has 0 amide bonds. The number of nitrogens with two attached hydrogens (primary N) is 1. The van der Waals surface area contributed by atoms with E-state index in [0.29, 0.717) is 4.99 Å².